The van der Waals surface area contributed by atoms with E-state index in [0.29, 0.717) is 30.7 Å². The van der Waals surface area contributed by atoms with Crippen molar-refractivity contribution in [3.05, 3.63) is 83.4 Å². The van der Waals surface area contributed by atoms with E-state index in [1.54, 1.807) is 12.1 Å². The number of benzene rings is 3. The monoisotopic (exact) mass is 509 g/mol. The summed E-state index contributed by atoms with van der Waals surface area (Å²) < 4.78 is 37.5. The Hall–Kier alpha value is -3.32. The molecule has 0 saturated carbocycles. The molecule has 0 aliphatic heterocycles. The molecule has 0 unspecified atom stereocenters. The van der Waals surface area contributed by atoms with E-state index in [4.69, 9.17) is 9.47 Å². The van der Waals surface area contributed by atoms with Crippen LogP contribution in [0.25, 0.3) is 11.1 Å². The van der Waals surface area contributed by atoms with E-state index in [2.05, 4.69) is 5.32 Å². The topological polar surface area (TPSA) is 81.7 Å². The first-order valence-corrected chi connectivity index (χ1v) is 13.6. The number of sulfone groups is 1. The highest BCUT2D eigenvalue weighted by atomic mass is 32.2. The molecule has 0 aliphatic rings. The van der Waals surface area contributed by atoms with Gasteiger partial charge in [0.15, 0.2) is 9.84 Å². The Morgan fingerprint density at radius 1 is 0.917 bits per heavy atom. The number of carbonyl (C=O) groups excluding carboxylic acids is 1. The van der Waals surface area contributed by atoms with Crippen LogP contribution in [-0.4, -0.2) is 33.8 Å². The van der Waals surface area contributed by atoms with Gasteiger partial charge in [-0.15, -0.1) is 0 Å². The third-order valence-electron chi connectivity index (χ3n) is 5.51. The Labute approximate surface area is 214 Å². The van der Waals surface area contributed by atoms with Crippen molar-refractivity contribution in [2.24, 2.45) is 0 Å². The van der Waals surface area contributed by atoms with Gasteiger partial charge in [-0.1, -0.05) is 60.2 Å². The zero-order valence-corrected chi connectivity index (χ0v) is 22.4. The van der Waals surface area contributed by atoms with Crippen molar-refractivity contribution >= 4 is 15.9 Å². The Morgan fingerprint density at radius 2 is 1.61 bits per heavy atom. The molecule has 0 fully saturated rings. The average Bonchev–Trinajstić information content (AvgIpc) is 2.80. The summed E-state index contributed by atoms with van der Waals surface area (Å²) in [5.41, 5.74) is 4.06. The minimum atomic E-state index is -3.67. The minimum absolute atomic E-state index is 0.134. The lowest BCUT2D eigenvalue weighted by Crippen LogP contribution is -2.33. The van der Waals surface area contributed by atoms with E-state index in [1.165, 1.54) is 7.11 Å². The molecule has 0 atom stereocenters. The maximum atomic E-state index is 13.5. The fraction of sp³-hybridized carbons (Fsp3) is 0.345. The second-order valence-corrected chi connectivity index (χ2v) is 11.8. The first-order chi connectivity index (χ1) is 17.0. The maximum Gasteiger partial charge on any atom is 0.407 e. The molecule has 1 amide bonds. The molecule has 1 N–H and O–H groups in total. The van der Waals surface area contributed by atoms with Crippen LogP contribution in [0.2, 0.25) is 0 Å². The summed E-state index contributed by atoms with van der Waals surface area (Å²) in [6.07, 6.45) is 0.974. The van der Waals surface area contributed by atoms with Crippen LogP contribution >= 0.6 is 0 Å². The number of ether oxygens (including phenoxy) is 2. The molecule has 0 heterocycles. The molecule has 7 heteroatoms. The number of alkyl carbamates (subject to hydrolysis) is 1. The summed E-state index contributed by atoms with van der Waals surface area (Å²) in [6.45, 7) is 7.94. The molecule has 0 spiro atoms. The molecular formula is C29H35NO5S. The van der Waals surface area contributed by atoms with Crippen LogP contribution in [0.5, 0.6) is 5.75 Å². The fourth-order valence-corrected chi connectivity index (χ4v) is 5.43. The van der Waals surface area contributed by atoms with Gasteiger partial charge in [-0.3, -0.25) is 0 Å². The number of amides is 1. The SMILES string of the molecule is COc1ccc(-c2cccc(C)c2)cc1S(=O)(=O)Cc1cccc(CCCNC(=O)OC(C)(C)C)c1. The Balaban J connectivity index is 1.71. The van der Waals surface area contributed by atoms with Crippen molar-refractivity contribution < 1.29 is 22.7 Å². The van der Waals surface area contributed by atoms with Crippen LogP contribution < -0.4 is 10.1 Å². The van der Waals surface area contributed by atoms with Gasteiger partial charge in [-0.2, -0.15) is 0 Å². The number of aryl methyl sites for hydroxylation is 2. The second-order valence-electron chi connectivity index (χ2n) is 9.85. The van der Waals surface area contributed by atoms with E-state index < -0.39 is 21.5 Å². The van der Waals surface area contributed by atoms with Crippen LogP contribution in [0.15, 0.2) is 71.6 Å². The maximum absolute atomic E-state index is 13.5. The van der Waals surface area contributed by atoms with Crippen molar-refractivity contribution in [1.82, 2.24) is 5.32 Å². The predicted octanol–water partition coefficient (Wildman–Crippen LogP) is 6.10. The van der Waals surface area contributed by atoms with Crippen LogP contribution in [0, 0.1) is 6.92 Å². The summed E-state index contributed by atoms with van der Waals surface area (Å²) >= 11 is 0. The molecule has 3 aromatic carbocycles. The zero-order chi connectivity index (χ0) is 26.3. The highest BCUT2D eigenvalue weighted by Crippen LogP contribution is 2.32. The van der Waals surface area contributed by atoms with Gasteiger partial charge in [0.2, 0.25) is 0 Å². The van der Waals surface area contributed by atoms with E-state index in [0.717, 1.165) is 22.3 Å². The second kappa shape index (κ2) is 11.6. The lowest BCUT2D eigenvalue weighted by Gasteiger charge is -2.19. The van der Waals surface area contributed by atoms with E-state index in [1.807, 2.05) is 82.3 Å². The number of hydrogen-bond donors (Lipinski definition) is 1. The lowest BCUT2D eigenvalue weighted by molar-refractivity contribution is 0.0527. The summed E-state index contributed by atoms with van der Waals surface area (Å²) in [7, 11) is -2.19. The molecule has 0 bridgehead atoms. The van der Waals surface area contributed by atoms with Gasteiger partial charge in [-0.05, 0) is 74.9 Å². The highest BCUT2D eigenvalue weighted by Gasteiger charge is 2.22. The fourth-order valence-electron chi connectivity index (χ4n) is 3.89. The normalized spacial score (nSPS) is 11.7. The molecule has 3 rings (SSSR count). The molecule has 0 saturated heterocycles. The van der Waals surface area contributed by atoms with E-state index in [-0.39, 0.29) is 10.6 Å². The third-order valence-corrected chi connectivity index (χ3v) is 7.21. The van der Waals surface area contributed by atoms with E-state index >= 15 is 0 Å². The molecule has 6 nitrogen and oxygen atoms in total. The Bertz CT molecular complexity index is 1310. The molecule has 3 aromatic rings. The quantitative estimate of drug-likeness (QED) is 0.352. The third kappa shape index (κ3) is 7.85. The minimum Gasteiger partial charge on any atom is -0.495 e. The van der Waals surface area contributed by atoms with Gasteiger partial charge >= 0.3 is 6.09 Å². The van der Waals surface area contributed by atoms with Crippen LogP contribution in [0.1, 0.15) is 43.9 Å². The first-order valence-electron chi connectivity index (χ1n) is 12.0. The summed E-state index contributed by atoms with van der Waals surface area (Å²) in [5.74, 6) is 0.195. The standard InChI is InChI=1S/C29H35NO5S/c1-21-9-6-13-24(17-21)25-14-15-26(34-5)27(19-25)36(32,33)20-23-11-7-10-22(18-23)12-8-16-30-28(31)35-29(2,3)4/h6-7,9-11,13-15,17-19H,8,12,16,20H2,1-5H3,(H,30,31). The first kappa shape index (κ1) is 27.3. The summed E-state index contributed by atoms with van der Waals surface area (Å²) in [4.78, 5) is 12.0. The number of rotatable bonds is 9. The van der Waals surface area contributed by atoms with Gasteiger partial charge in [0, 0.05) is 6.54 Å². The molecular weight excluding hydrogens is 474 g/mol. The lowest BCUT2D eigenvalue weighted by atomic mass is 10.0. The van der Waals surface area contributed by atoms with Crippen LogP contribution in [-0.2, 0) is 26.7 Å². The van der Waals surface area contributed by atoms with Crippen molar-refractivity contribution in [1.29, 1.82) is 0 Å². The molecule has 192 valence electrons. The Morgan fingerprint density at radius 3 is 2.31 bits per heavy atom. The smallest absolute Gasteiger partial charge is 0.407 e. The number of carbonyl (C=O) groups is 1. The predicted molar refractivity (Wildman–Crippen MR) is 143 cm³/mol. The van der Waals surface area contributed by atoms with Crippen molar-refractivity contribution in [2.75, 3.05) is 13.7 Å². The van der Waals surface area contributed by atoms with Crippen LogP contribution in [0.4, 0.5) is 4.79 Å². The van der Waals surface area contributed by atoms with Gasteiger partial charge in [0.25, 0.3) is 0 Å². The van der Waals surface area contributed by atoms with Crippen LogP contribution in [0.3, 0.4) is 0 Å². The molecule has 0 aromatic heterocycles. The molecule has 36 heavy (non-hydrogen) atoms. The van der Waals surface area contributed by atoms with Gasteiger partial charge in [0.05, 0.1) is 12.9 Å². The van der Waals surface area contributed by atoms with Crippen molar-refractivity contribution in [2.45, 2.75) is 56.8 Å². The average molecular weight is 510 g/mol. The van der Waals surface area contributed by atoms with Gasteiger partial charge < -0.3 is 14.8 Å². The number of methoxy groups -OCH3 is 1. The molecule has 0 aliphatic carbocycles. The summed E-state index contributed by atoms with van der Waals surface area (Å²) in [5, 5.41) is 2.75. The number of hydrogen-bond acceptors (Lipinski definition) is 5. The van der Waals surface area contributed by atoms with Crippen molar-refractivity contribution in [3.8, 4) is 16.9 Å². The van der Waals surface area contributed by atoms with Gasteiger partial charge in [-0.25, -0.2) is 13.2 Å². The van der Waals surface area contributed by atoms with E-state index in [9.17, 15) is 13.2 Å². The highest BCUT2D eigenvalue weighted by molar-refractivity contribution is 7.90. The zero-order valence-electron chi connectivity index (χ0n) is 21.6. The summed E-state index contributed by atoms with van der Waals surface area (Å²) in [6, 6.07) is 20.8. The van der Waals surface area contributed by atoms with Gasteiger partial charge in [0.1, 0.15) is 16.2 Å². The Kier molecular flexibility index (Phi) is 8.79. The van der Waals surface area contributed by atoms with Crippen molar-refractivity contribution in [3.63, 3.8) is 0 Å². The molecule has 0 radical (unpaired) electrons. The number of nitrogens with one attached hydrogen (secondary N) is 1. The largest absolute Gasteiger partial charge is 0.495 e.